The highest BCUT2D eigenvalue weighted by atomic mass is 15.1. The molecule has 0 amide bonds. The molecular weight excluding hydrogens is 518 g/mol. The molecule has 0 N–H and O–H groups in total. The number of rotatable bonds is 4. The van der Waals surface area contributed by atoms with Crippen LogP contribution in [0.1, 0.15) is 0 Å². The summed E-state index contributed by atoms with van der Waals surface area (Å²) in [4.78, 5) is 2.37. The van der Waals surface area contributed by atoms with E-state index in [9.17, 15) is 0 Å². The Morgan fingerprint density at radius 2 is 0.698 bits per heavy atom. The molecule has 9 rings (SSSR count). The summed E-state index contributed by atoms with van der Waals surface area (Å²) in [7, 11) is 0. The Morgan fingerprint density at radius 1 is 0.256 bits per heavy atom. The first-order valence-corrected chi connectivity index (χ1v) is 14.9. The predicted molar refractivity (Wildman–Crippen MR) is 181 cm³/mol. The van der Waals surface area contributed by atoms with E-state index in [0.29, 0.717) is 0 Å². The Balaban J connectivity index is 1.28. The van der Waals surface area contributed by atoms with Gasteiger partial charge in [0.25, 0.3) is 0 Å². The molecular formula is C42H27N. The lowest BCUT2D eigenvalue weighted by Crippen LogP contribution is -2.10. The van der Waals surface area contributed by atoms with E-state index in [2.05, 4.69) is 169 Å². The molecule has 1 nitrogen and oxygen atoms in total. The van der Waals surface area contributed by atoms with Gasteiger partial charge in [-0.05, 0) is 103 Å². The molecule has 7 aromatic carbocycles. The van der Waals surface area contributed by atoms with Crippen LogP contribution in [0.5, 0.6) is 0 Å². The zero-order valence-corrected chi connectivity index (χ0v) is 23.5. The second-order valence-electron chi connectivity index (χ2n) is 11.3. The van der Waals surface area contributed by atoms with E-state index in [0.717, 1.165) is 17.1 Å². The molecule has 6 bridgehead atoms. The first kappa shape index (κ1) is 24.0. The third-order valence-corrected chi connectivity index (χ3v) is 8.97. The Morgan fingerprint density at radius 3 is 1.37 bits per heavy atom. The van der Waals surface area contributed by atoms with Crippen molar-refractivity contribution in [3.8, 4) is 66.8 Å². The third-order valence-electron chi connectivity index (χ3n) is 8.97. The fourth-order valence-electron chi connectivity index (χ4n) is 7.09. The van der Waals surface area contributed by atoms with Gasteiger partial charge in [-0.3, -0.25) is 0 Å². The van der Waals surface area contributed by atoms with Crippen molar-refractivity contribution < 1.29 is 0 Å². The molecule has 0 saturated heterocycles. The van der Waals surface area contributed by atoms with Gasteiger partial charge >= 0.3 is 0 Å². The fourth-order valence-corrected chi connectivity index (χ4v) is 7.09. The van der Waals surface area contributed by atoms with E-state index in [4.69, 9.17) is 0 Å². The van der Waals surface area contributed by atoms with Crippen LogP contribution in [0.25, 0.3) is 66.8 Å². The van der Waals surface area contributed by atoms with Crippen molar-refractivity contribution in [2.75, 3.05) is 4.90 Å². The van der Waals surface area contributed by atoms with Gasteiger partial charge in [-0.1, -0.05) is 127 Å². The van der Waals surface area contributed by atoms with Crippen molar-refractivity contribution >= 4 is 17.1 Å². The minimum Gasteiger partial charge on any atom is -0.310 e. The first-order chi connectivity index (χ1) is 21.3. The largest absolute Gasteiger partial charge is 0.310 e. The molecule has 0 spiro atoms. The van der Waals surface area contributed by atoms with Gasteiger partial charge in [-0.15, -0.1) is 0 Å². The molecule has 0 radical (unpaired) electrons. The molecule has 43 heavy (non-hydrogen) atoms. The average Bonchev–Trinajstić information content (AvgIpc) is 3.19. The van der Waals surface area contributed by atoms with E-state index in [-0.39, 0.29) is 0 Å². The van der Waals surface area contributed by atoms with Gasteiger partial charge in [0.05, 0.1) is 0 Å². The maximum Gasteiger partial charge on any atom is 0.0468 e. The van der Waals surface area contributed by atoms with Crippen LogP contribution in [-0.4, -0.2) is 0 Å². The van der Waals surface area contributed by atoms with Gasteiger partial charge in [0.15, 0.2) is 0 Å². The number of para-hydroxylation sites is 1. The fraction of sp³-hybridized carbons (Fsp3) is 0. The molecule has 0 atom stereocenters. The van der Waals surface area contributed by atoms with Gasteiger partial charge in [0, 0.05) is 17.1 Å². The maximum absolute atomic E-state index is 2.41. The highest BCUT2D eigenvalue weighted by Gasteiger charge is 2.31. The van der Waals surface area contributed by atoms with Crippen molar-refractivity contribution in [3.05, 3.63) is 164 Å². The van der Waals surface area contributed by atoms with Crippen LogP contribution in [0.4, 0.5) is 17.1 Å². The Hall–Kier alpha value is -5.66. The average molecular weight is 546 g/mol. The lowest BCUT2D eigenvalue weighted by Gasteiger charge is -2.28. The molecule has 0 heterocycles. The minimum absolute atomic E-state index is 1.13. The summed E-state index contributed by atoms with van der Waals surface area (Å²) in [6.45, 7) is 0. The molecule has 200 valence electrons. The Labute approximate surface area is 252 Å². The lowest BCUT2D eigenvalue weighted by molar-refractivity contribution is 1.28. The van der Waals surface area contributed by atoms with Crippen LogP contribution in [0.3, 0.4) is 0 Å². The van der Waals surface area contributed by atoms with Gasteiger partial charge in [-0.25, -0.2) is 0 Å². The normalized spacial score (nSPS) is 11.7. The zero-order chi connectivity index (χ0) is 28.3. The van der Waals surface area contributed by atoms with Gasteiger partial charge in [0.2, 0.25) is 0 Å². The zero-order valence-electron chi connectivity index (χ0n) is 23.5. The monoisotopic (exact) mass is 545 g/mol. The van der Waals surface area contributed by atoms with Crippen LogP contribution in [-0.2, 0) is 0 Å². The van der Waals surface area contributed by atoms with Crippen molar-refractivity contribution in [2.45, 2.75) is 0 Å². The molecule has 1 heteroatoms. The molecule has 0 saturated carbocycles. The van der Waals surface area contributed by atoms with Crippen molar-refractivity contribution in [3.63, 3.8) is 0 Å². The third kappa shape index (κ3) is 3.65. The molecule has 7 aromatic rings. The van der Waals surface area contributed by atoms with Crippen LogP contribution < -0.4 is 4.90 Å². The van der Waals surface area contributed by atoms with Gasteiger partial charge < -0.3 is 4.90 Å². The lowest BCUT2D eigenvalue weighted by atomic mass is 9.83. The van der Waals surface area contributed by atoms with Crippen LogP contribution >= 0.6 is 0 Å². The number of benzene rings is 7. The molecule has 2 aliphatic carbocycles. The minimum atomic E-state index is 1.13. The second-order valence-corrected chi connectivity index (χ2v) is 11.3. The summed E-state index contributed by atoms with van der Waals surface area (Å²) >= 11 is 0. The smallest absolute Gasteiger partial charge is 0.0468 e. The van der Waals surface area contributed by atoms with Gasteiger partial charge in [-0.2, -0.15) is 0 Å². The van der Waals surface area contributed by atoms with E-state index in [1.165, 1.54) is 66.8 Å². The number of hydrogen-bond acceptors (Lipinski definition) is 1. The SMILES string of the molecule is c1ccc(-c2ccc(N(c3ccccc3)c3ccc4c(c3)-c3c5cccc3-c3cccc-4c3-c3ccccc3-5)cc2)cc1. The molecule has 0 aromatic heterocycles. The number of fused-ring (bicyclic) bond motifs is 4. The van der Waals surface area contributed by atoms with Crippen LogP contribution in [0.15, 0.2) is 164 Å². The molecule has 2 aliphatic rings. The van der Waals surface area contributed by atoms with E-state index in [1.807, 2.05) is 0 Å². The number of nitrogens with zero attached hydrogens (tertiary/aromatic N) is 1. The Kier molecular flexibility index (Phi) is 5.27. The topological polar surface area (TPSA) is 3.24 Å². The number of hydrogen-bond donors (Lipinski definition) is 0. The summed E-state index contributed by atoms with van der Waals surface area (Å²) in [5.74, 6) is 0. The molecule has 0 unspecified atom stereocenters. The predicted octanol–water partition coefficient (Wildman–Crippen LogP) is 11.8. The summed E-state index contributed by atoms with van der Waals surface area (Å²) in [6.07, 6.45) is 0. The van der Waals surface area contributed by atoms with Crippen molar-refractivity contribution in [1.29, 1.82) is 0 Å². The maximum atomic E-state index is 2.41. The number of anilines is 3. The molecule has 0 fully saturated rings. The van der Waals surface area contributed by atoms with E-state index >= 15 is 0 Å². The van der Waals surface area contributed by atoms with Crippen molar-refractivity contribution in [2.24, 2.45) is 0 Å². The van der Waals surface area contributed by atoms with Crippen LogP contribution in [0, 0.1) is 0 Å². The van der Waals surface area contributed by atoms with Crippen LogP contribution in [0.2, 0.25) is 0 Å². The second kappa shape index (κ2) is 9.44. The summed E-state index contributed by atoms with van der Waals surface area (Å²) in [5, 5.41) is 0. The van der Waals surface area contributed by atoms with Crippen molar-refractivity contribution in [1.82, 2.24) is 0 Å². The standard InChI is InChI=1S/C42H27N/c1-3-11-28(12-4-1)29-21-23-31(24-22-29)43(30-13-5-2-6-14-30)32-25-26-34-37-18-10-19-38-39-20-9-17-36(42(39)40(34)27-32)33-15-7-8-16-35(33)41(37)38/h1-27H. The first-order valence-electron chi connectivity index (χ1n) is 14.9. The molecule has 0 aliphatic heterocycles. The Bertz CT molecular complexity index is 2140. The van der Waals surface area contributed by atoms with Gasteiger partial charge in [0.1, 0.15) is 0 Å². The quantitative estimate of drug-likeness (QED) is 0.213. The summed E-state index contributed by atoms with van der Waals surface area (Å²) < 4.78 is 0. The highest BCUT2D eigenvalue weighted by Crippen LogP contribution is 2.57. The van der Waals surface area contributed by atoms with E-state index in [1.54, 1.807) is 0 Å². The highest BCUT2D eigenvalue weighted by molar-refractivity contribution is 6.15. The summed E-state index contributed by atoms with van der Waals surface area (Å²) in [5.41, 5.74) is 18.9. The van der Waals surface area contributed by atoms with E-state index < -0.39 is 0 Å². The summed E-state index contributed by atoms with van der Waals surface area (Å²) in [6, 6.07) is 59.7.